The van der Waals surface area contributed by atoms with Crippen molar-refractivity contribution in [2.24, 2.45) is 0 Å². The van der Waals surface area contributed by atoms with Crippen LogP contribution >= 0.6 is 0 Å². The molecule has 0 bridgehead atoms. The molecule has 0 saturated carbocycles. The monoisotopic (exact) mass is 404 g/mol. The maximum absolute atomic E-state index is 10.9. The lowest BCUT2D eigenvalue weighted by Crippen LogP contribution is -2.37. The number of carbonyl (C=O) groups is 4. The van der Waals surface area contributed by atoms with E-state index in [2.05, 4.69) is 10.6 Å². The highest BCUT2D eigenvalue weighted by Gasteiger charge is 2.26. The Morgan fingerprint density at radius 1 is 0.586 bits per heavy atom. The van der Waals surface area contributed by atoms with Crippen molar-refractivity contribution in [3.05, 3.63) is 48.5 Å². The molecule has 0 aliphatic rings. The minimum Gasteiger partial charge on any atom is -0.479 e. The van der Waals surface area contributed by atoms with Crippen molar-refractivity contribution in [2.45, 2.75) is 12.1 Å². The quantitative estimate of drug-likeness (QED) is 0.315. The van der Waals surface area contributed by atoms with Crippen molar-refractivity contribution in [2.75, 3.05) is 10.6 Å². The topological polar surface area (TPSA) is 182 Å². The first kappa shape index (κ1) is 21.0. The van der Waals surface area contributed by atoms with Crippen molar-refractivity contribution in [3.63, 3.8) is 0 Å². The molecule has 0 aliphatic heterocycles. The molecule has 0 aromatic heterocycles. The van der Waals surface area contributed by atoms with Crippen LogP contribution in [0.15, 0.2) is 48.5 Å². The Morgan fingerprint density at radius 3 is 1.10 bits per heavy atom. The molecular weight excluding hydrogens is 388 g/mol. The van der Waals surface area contributed by atoms with Crippen LogP contribution < -0.4 is 15.4 Å². The summed E-state index contributed by atoms with van der Waals surface area (Å²) in [6.45, 7) is 0. The van der Waals surface area contributed by atoms with Crippen molar-refractivity contribution in [3.8, 4) is 11.5 Å². The zero-order chi connectivity index (χ0) is 21.6. The molecule has 2 rings (SSSR count). The number of carboxylic acids is 4. The molecule has 11 nitrogen and oxygen atoms in total. The molecular formula is C18H16N2O9. The fourth-order valence-corrected chi connectivity index (χ4v) is 2.17. The van der Waals surface area contributed by atoms with E-state index in [9.17, 15) is 19.2 Å². The number of aliphatic carboxylic acids is 4. The van der Waals surface area contributed by atoms with Crippen molar-refractivity contribution >= 4 is 35.3 Å². The van der Waals surface area contributed by atoms with Gasteiger partial charge in [-0.3, -0.25) is 0 Å². The number of carboxylic acid groups (broad SMARTS) is 4. The van der Waals surface area contributed by atoms with Gasteiger partial charge in [-0.25, -0.2) is 19.2 Å². The standard InChI is InChI=1S/C18H16N2O9/c21-15(22)13(16(23)24)19-9-1-5-11(6-2-9)29-12-7-3-10(4-8-12)20-14(17(25)26)18(27)28/h1-8,13-14,19-20H,(H,21,22)(H,23,24)(H,25,26)(H,27,28). The number of nitrogens with one attached hydrogen (secondary N) is 2. The molecule has 0 amide bonds. The third-order valence-electron chi connectivity index (χ3n) is 3.55. The molecule has 0 saturated heterocycles. The van der Waals surface area contributed by atoms with Crippen LogP contribution in [0, 0.1) is 0 Å². The molecule has 0 unspecified atom stereocenters. The van der Waals surface area contributed by atoms with Crippen LogP contribution in [0.25, 0.3) is 0 Å². The summed E-state index contributed by atoms with van der Waals surface area (Å²) in [7, 11) is 0. The van der Waals surface area contributed by atoms with Gasteiger partial charge >= 0.3 is 23.9 Å². The Morgan fingerprint density at radius 2 is 0.862 bits per heavy atom. The van der Waals surface area contributed by atoms with Crippen molar-refractivity contribution in [1.29, 1.82) is 0 Å². The fraction of sp³-hybridized carbons (Fsp3) is 0.111. The van der Waals surface area contributed by atoms with Crippen molar-refractivity contribution in [1.82, 2.24) is 0 Å². The summed E-state index contributed by atoms with van der Waals surface area (Å²) in [6.07, 6.45) is 0. The number of hydrogen-bond donors (Lipinski definition) is 6. The second kappa shape index (κ2) is 9.08. The number of ether oxygens (including phenoxy) is 1. The van der Waals surface area contributed by atoms with E-state index in [1.807, 2.05) is 0 Å². The molecule has 0 fully saturated rings. The SMILES string of the molecule is O=C(O)C(Nc1ccc(Oc2ccc(NC(C(=O)O)C(=O)O)cc2)cc1)C(=O)O. The smallest absolute Gasteiger partial charge is 0.337 e. The molecule has 0 heterocycles. The molecule has 2 aromatic carbocycles. The first-order valence-corrected chi connectivity index (χ1v) is 7.99. The van der Waals surface area contributed by atoms with E-state index < -0.39 is 36.0 Å². The van der Waals surface area contributed by atoms with Crippen LogP contribution in [0.5, 0.6) is 11.5 Å². The molecule has 11 heteroatoms. The van der Waals surface area contributed by atoms with E-state index in [-0.39, 0.29) is 11.4 Å². The summed E-state index contributed by atoms with van der Waals surface area (Å²) >= 11 is 0. The maximum atomic E-state index is 10.9. The molecule has 0 atom stereocenters. The van der Waals surface area contributed by atoms with Gasteiger partial charge in [-0.1, -0.05) is 0 Å². The predicted molar refractivity (Wildman–Crippen MR) is 98.3 cm³/mol. The highest BCUT2D eigenvalue weighted by molar-refractivity contribution is 6.00. The Kier molecular flexibility index (Phi) is 6.58. The molecule has 152 valence electrons. The van der Waals surface area contributed by atoms with Gasteiger partial charge in [0.1, 0.15) is 11.5 Å². The van der Waals surface area contributed by atoms with Gasteiger partial charge in [0.05, 0.1) is 0 Å². The Labute approximate surface area is 163 Å². The highest BCUT2D eigenvalue weighted by atomic mass is 16.5. The second-order valence-corrected chi connectivity index (χ2v) is 5.66. The van der Waals surface area contributed by atoms with Gasteiger partial charge < -0.3 is 35.8 Å². The van der Waals surface area contributed by atoms with E-state index in [0.717, 1.165) is 0 Å². The Balaban J connectivity index is 2.01. The van der Waals surface area contributed by atoms with Gasteiger partial charge in [0.15, 0.2) is 0 Å². The van der Waals surface area contributed by atoms with Gasteiger partial charge in [-0.15, -0.1) is 0 Å². The van der Waals surface area contributed by atoms with E-state index in [4.69, 9.17) is 25.2 Å². The predicted octanol–water partition coefficient (Wildman–Crippen LogP) is 1.38. The Hall–Kier alpha value is -4.28. The summed E-state index contributed by atoms with van der Waals surface area (Å²) in [6, 6.07) is 8.12. The van der Waals surface area contributed by atoms with Crippen LogP contribution in [0.1, 0.15) is 0 Å². The van der Waals surface area contributed by atoms with Gasteiger partial charge in [0, 0.05) is 11.4 Å². The van der Waals surface area contributed by atoms with E-state index in [1.165, 1.54) is 48.5 Å². The fourth-order valence-electron chi connectivity index (χ4n) is 2.17. The van der Waals surface area contributed by atoms with Gasteiger partial charge in [0.2, 0.25) is 12.1 Å². The first-order valence-electron chi connectivity index (χ1n) is 7.99. The van der Waals surface area contributed by atoms with E-state index in [1.54, 1.807) is 0 Å². The van der Waals surface area contributed by atoms with Gasteiger partial charge in [-0.2, -0.15) is 0 Å². The lowest BCUT2D eigenvalue weighted by atomic mass is 10.2. The summed E-state index contributed by atoms with van der Waals surface area (Å²) in [5.74, 6) is -5.38. The summed E-state index contributed by atoms with van der Waals surface area (Å²) in [5, 5.41) is 40.1. The largest absolute Gasteiger partial charge is 0.479 e. The summed E-state index contributed by atoms with van der Waals surface area (Å²) < 4.78 is 5.57. The molecule has 0 radical (unpaired) electrons. The summed E-state index contributed by atoms with van der Waals surface area (Å²) in [4.78, 5) is 43.5. The number of anilines is 2. The molecule has 2 aromatic rings. The van der Waals surface area contributed by atoms with Crippen LogP contribution in [0.2, 0.25) is 0 Å². The van der Waals surface area contributed by atoms with Crippen molar-refractivity contribution < 1.29 is 44.3 Å². The lowest BCUT2D eigenvalue weighted by molar-refractivity contribution is -0.150. The zero-order valence-corrected chi connectivity index (χ0v) is 14.6. The lowest BCUT2D eigenvalue weighted by Gasteiger charge is -2.13. The normalized spacial score (nSPS) is 10.4. The third-order valence-corrected chi connectivity index (χ3v) is 3.55. The molecule has 0 spiro atoms. The van der Waals surface area contributed by atoms with Crippen LogP contribution in [-0.4, -0.2) is 56.4 Å². The molecule has 0 aliphatic carbocycles. The van der Waals surface area contributed by atoms with Gasteiger partial charge in [0.25, 0.3) is 0 Å². The third kappa shape index (κ3) is 5.85. The highest BCUT2D eigenvalue weighted by Crippen LogP contribution is 2.25. The van der Waals surface area contributed by atoms with E-state index >= 15 is 0 Å². The van der Waals surface area contributed by atoms with Gasteiger partial charge in [-0.05, 0) is 48.5 Å². The molecule has 29 heavy (non-hydrogen) atoms. The number of hydrogen-bond acceptors (Lipinski definition) is 7. The summed E-state index contributed by atoms with van der Waals surface area (Å²) in [5.41, 5.74) is 0.528. The zero-order valence-electron chi connectivity index (χ0n) is 14.6. The minimum absolute atomic E-state index is 0.264. The number of benzene rings is 2. The maximum Gasteiger partial charge on any atom is 0.337 e. The minimum atomic E-state index is -1.79. The molecule has 6 N–H and O–H groups in total. The van der Waals surface area contributed by atoms with Crippen LogP contribution in [-0.2, 0) is 19.2 Å². The van der Waals surface area contributed by atoms with E-state index in [0.29, 0.717) is 11.5 Å². The average Bonchev–Trinajstić information content (AvgIpc) is 2.65. The van der Waals surface area contributed by atoms with Crippen LogP contribution in [0.3, 0.4) is 0 Å². The average molecular weight is 404 g/mol. The number of rotatable bonds is 10. The van der Waals surface area contributed by atoms with Crippen LogP contribution in [0.4, 0.5) is 11.4 Å². The second-order valence-electron chi connectivity index (χ2n) is 5.66. The first-order chi connectivity index (χ1) is 13.7. The Bertz CT molecular complexity index is 806.